The molecule has 0 aromatic carbocycles. The molecular weight excluding hydrogens is 108 g/mol. The SMILES string of the molecule is NC1(CO)N=CN=N1. The third-order valence-electron chi connectivity index (χ3n) is 0.797. The number of rotatable bonds is 1. The zero-order valence-corrected chi connectivity index (χ0v) is 4.15. The Kier molecular flexibility index (Phi) is 1.07. The minimum absolute atomic E-state index is 0.299. The molecule has 44 valence electrons. The lowest BCUT2D eigenvalue weighted by Gasteiger charge is -2.08. The first-order valence-electron chi connectivity index (χ1n) is 2.12. The zero-order chi connectivity index (χ0) is 6.04. The van der Waals surface area contributed by atoms with Crippen LogP contribution < -0.4 is 5.73 Å². The molecule has 0 saturated carbocycles. The maximum atomic E-state index is 8.43. The van der Waals surface area contributed by atoms with Gasteiger partial charge in [0.05, 0.1) is 0 Å². The fourth-order valence-electron chi connectivity index (χ4n) is 0.350. The lowest BCUT2D eigenvalue weighted by Crippen LogP contribution is -2.37. The normalized spacial score (nSPS) is 34.2. The summed E-state index contributed by atoms with van der Waals surface area (Å²) in [6.45, 7) is -0.299. The average Bonchev–Trinajstić information content (AvgIpc) is 2.17. The Hall–Kier alpha value is -0.810. The number of aliphatic hydroxyl groups is 1. The number of nitrogens with two attached hydrogens (primary N) is 1. The summed E-state index contributed by atoms with van der Waals surface area (Å²) in [5, 5.41) is 15.2. The molecular formula is C3H6N4O. The van der Waals surface area contributed by atoms with Gasteiger partial charge in [0.15, 0.2) is 0 Å². The third kappa shape index (κ3) is 0.728. The monoisotopic (exact) mass is 114 g/mol. The first-order valence-corrected chi connectivity index (χ1v) is 2.12. The second-order valence-electron chi connectivity index (χ2n) is 1.50. The number of nitrogens with zero attached hydrogens (tertiary/aromatic N) is 3. The van der Waals surface area contributed by atoms with E-state index in [1.165, 1.54) is 6.34 Å². The van der Waals surface area contributed by atoms with Gasteiger partial charge in [-0.05, 0) is 0 Å². The molecule has 5 nitrogen and oxygen atoms in total. The molecule has 1 atom stereocenters. The van der Waals surface area contributed by atoms with Crippen molar-refractivity contribution < 1.29 is 5.11 Å². The standard InChI is InChI=1S/C3H6N4O/c4-3(1-8)5-2-6-7-3/h2,8H,1,4H2. The van der Waals surface area contributed by atoms with Gasteiger partial charge in [-0.15, -0.1) is 10.2 Å². The van der Waals surface area contributed by atoms with Crippen molar-refractivity contribution in [2.45, 2.75) is 5.79 Å². The number of hydrogen-bond acceptors (Lipinski definition) is 5. The Morgan fingerprint density at radius 1 is 1.75 bits per heavy atom. The van der Waals surface area contributed by atoms with Gasteiger partial charge in [0, 0.05) is 0 Å². The molecule has 1 heterocycles. The van der Waals surface area contributed by atoms with Crippen LogP contribution in [0.2, 0.25) is 0 Å². The van der Waals surface area contributed by atoms with Crippen molar-refractivity contribution in [1.82, 2.24) is 0 Å². The van der Waals surface area contributed by atoms with Crippen LogP contribution in [0, 0.1) is 0 Å². The smallest absolute Gasteiger partial charge is 0.246 e. The van der Waals surface area contributed by atoms with Crippen molar-refractivity contribution in [3.05, 3.63) is 0 Å². The van der Waals surface area contributed by atoms with E-state index in [0.29, 0.717) is 0 Å². The Balaban J connectivity index is 2.69. The highest BCUT2D eigenvalue weighted by Crippen LogP contribution is 2.07. The number of aliphatic imine (C=N–C) groups is 1. The zero-order valence-electron chi connectivity index (χ0n) is 4.15. The van der Waals surface area contributed by atoms with E-state index in [2.05, 4.69) is 15.2 Å². The minimum Gasteiger partial charge on any atom is -0.390 e. The molecule has 0 saturated heterocycles. The molecule has 5 heteroatoms. The molecule has 1 unspecified atom stereocenters. The summed E-state index contributed by atoms with van der Waals surface area (Å²) >= 11 is 0. The molecule has 0 radical (unpaired) electrons. The molecule has 0 bridgehead atoms. The summed E-state index contributed by atoms with van der Waals surface area (Å²) < 4.78 is 0. The summed E-state index contributed by atoms with van der Waals surface area (Å²) in [5.74, 6) is -1.18. The van der Waals surface area contributed by atoms with Gasteiger partial charge in [0.2, 0.25) is 5.79 Å². The summed E-state index contributed by atoms with van der Waals surface area (Å²) in [6, 6.07) is 0. The van der Waals surface area contributed by atoms with E-state index in [4.69, 9.17) is 10.8 Å². The van der Waals surface area contributed by atoms with Gasteiger partial charge >= 0.3 is 0 Å². The second kappa shape index (κ2) is 1.61. The predicted octanol–water partition coefficient (Wildman–Crippen LogP) is -0.915. The minimum atomic E-state index is -1.18. The largest absolute Gasteiger partial charge is 0.390 e. The summed E-state index contributed by atoms with van der Waals surface area (Å²) in [5.41, 5.74) is 5.25. The number of aliphatic hydroxyl groups excluding tert-OH is 1. The molecule has 1 rings (SSSR count). The van der Waals surface area contributed by atoms with Crippen molar-refractivity contribution in [2.75, 3.05) is 6.61 Å². The van der Waals surface area contributed by atoms with E-state index >= 15 is 0 Å². The molecule has 0 aromatic heterocycles. The Labute approximate surface area is 45.9 Å². The molecule has 0 spiro atoms. The molecule has 8 heavy (non-hydrogen) atoms. The first kappa shape index (κ1) is 5.33. The quantitative estimate of drug-likeness (QED) is 0.462. The van der Waals surface area contributed by atoms with Crippen LogP contribution in [-0.2, 0) is 0 Å². The van der Waals surface area contributed by atoms with Crippen LogP contribution in [0.15, 0.2) is 15.2 Å². The van der Waals surface area contributed by atoms with Gasteiger partial charge in [0.25, 0.3) is 0 Å². The van der Waals surface area contributed by atoms with Gasteiger partial charge in [-0.1, -0.05) is 0 Å². The maximum Gasteiger partial charge on any atom is 0.246 e. The van der Waals surface area contributed by atoms with Gasteiger partial charge < -0.3 is 5.11 Å². The highest BCUT2D eigenvalue weighted by Gasteiger charge is 2.23. The molecule has 0 fully saturated rings. The van der Waals surface area contributed by atoms with Crippen molar-refractivity contribution in [3.63, 3.8) is 0 Å². The van der Waals surface area contributed by atoms with Crippen molar-refractivity contribution >= 4 is 6.34 Å². The highest BCUT2D eigenvalue weighted by molar-refractivity contribution is 5.56. The van der Waals surface area contributed by atoms with Gasteiger partial charge in [-0.2, -0.15) is 0 Å². The van der Waals surface area contributed by atoms with E-state index in [1.54, 1.807) is 0 Å². The van der Waals surface area contributed by atoms with E-state index in [1.807, 2.05) is 0 Å². The van der Waals surface area contributed by atoms with Crippen LogP contribution in [0.5, 0.6) is 0 Å². The van der Waals surface area contributed by atoms with E-state index < -0.39 is 5.79 Å². The van der Waals surface area contributed by atoms with Gasteiger partial charge in [-0.25, -0.2) is 4.99 Å². The molecule has 1 aliphatic heterocycles. The molecule has 1 aliphatic rings. The van der Waals surface area contributed by atoms with Crippen LogP contribution in [0.4, 0.5) is 0 Å². The summed E-state index contributed by atoms with van der Waals surface area (Å²) in [6.07, 6.45) is 1.22. The average molecular weight is 114 g/mol. The predicted molar refractivity (Wildman–Crippen MR) is 27.4 cm³/mol. The fraction of sp³-hybridized carbons (Fsp3) is 0.667. The molecule has 0 aliphatic carbocycles. The summed E-state index contributed by atoms with van der Waals surface area (Å²) in [7, 11) is 0. The maximum absolute atomic E-state index is 8.43. The fourth-order valence-corrected chi connectivity index (χ4v) is 0.350. The van der Waals surface area contributed by atoms with E-state index in [0.717, 1.165) is 0 Å². The third-order valence-corrected chi connectivity index (χ3v) is 0.797. The van der Waals surface area contributed by atoms with Crippen LogP contribution in [0.25, 0.3) is 0 Å². The Morgan fingerprint density at radius 3 is 2.75 bits per heavy atom. The lowest BCUT2D eigenvalue weighted by atomic mass is 10.4. The van der Waals surface area contributed by atoms with Crippen LogP contribution in [0.1, 0.15) is 0 Å². The first-order chi connectivity index (χ1) is 3.77. The highest BCUT2D eigenvalue weighted by atomic mass is 16.3. The Morgan fingerprint density at radius 2 is 2.50 bits per heavy atom. The molecule has 0 amide bonds. The van der Waals surface area contributed by atoms with Gasteiger partial charge in [-0.3, -0.25) is 5.73 Å². The van der Waals surface area contributed by atoms with Crippen LogP contribution in [-0.4, -0.2) is 23.8 Å². The second-order valence-corrected chi connectivity index (χ2v) is 1.50. The van der Waals surface area contributed by atoms with E-state index in [9.17, 15) is 0 Å². The number of azo groups is 1. The van der Waals surface area contributed by atoms with Gasteiger partial charge in [0.1, 0.15) is 12.9 Å². The van der Waals surface area contributed by atoms with Crippen molar-refractivity contribution in [1.29, 1.82) is 0 Å². The van der Waals surface area contributed by atoms with Crippen LogP contribution >= 0.6 is 0 Å². The molecule has 3 N–H and O–H groups in total. The van der Waals surface area contributed by atoms with Crippen molar-refractivity contribution in [3.8, 4) is 0 Å². The topological polar surface area (TPSA) is 83.3 Å². The Bertz CT molecular complexity index is 128. The van der Waals surface area contributed by atoms with E-state index in [-0.39, 0.29) is 6.61 Å². The number of hydrogen-bond donors (Lipinski definition) is 2. The summed E-state index contributed by atoms with van der Waals surface area (Å²) in [4.78, 5) is 3.56. The molecule has 0 aromatic rings. The lowest BCUT2D eigenvalue weighted by molar-refractivity contribution is 0.207. The van der Waals surface area contributed by atoms with Crippen molar-refractivity contribution in [2.24, 2.45) is 21.0 Å². The van der Waals surface area contributed by atoms with Crippen LogP contribution in [0.3, 0.4) is 0 Å².